The van der Waals surface area contributed by atoms with E-state index in [2.05, 4.69) is 10.6 Å². The molecule has 2 N–H and O–H groups in total. The largest absolute Gasteiger partial charge is 0.493 e. The monoisotopic (exact) mass is 338 g/mol. The van der Waals surface area contributed by atoms with Gasteiger partial charge in [-0.05, 0) is 47.5 Å². The van der Waals surface area contributed by atoms with E-state index >= 15 is 0 Å². The third-order valence-corrected chi connectivity index (χ3v) is 3.83. The highest BCUT2D eigenvalue weighted by molar-refractivity contribution is 6.03. The third-order valence-electron chi connectivity index (χ3n) is 3.83. The van der Waals surface area contributed by atoms with Crippen LogP contribution < -0.4 is 20.1 Å². The summed E-state index contributed by atoms with van der Waals surface area (Å²) in [5.41, 5.74) is 3.14. The van der Waals surface area contributed by atoms with E-state index in [4.69, 9.17) is 9.47 Å². The quantitative estimate of drug-likeness (QED) is 0.822. The minimum absolute atomic E-state index is 0.0353. The average Bonchev–Trinajstić information content (AvgIpc) is 2.99. The minimum atomic E-state index is -0.257. The van der Waals surface area contributed by atoms with Crippen molar-refractivity contribution in [2.24, 2.45) is 0 Å². The molecule has 2 aromatic carbocycles. The maximum Gasteiger partial charge on any atom is 0.248 e. The average molecular weight is 338 g/mol. The van der Waals surface area contributed by atoms with Crippen molar-refractivity contribution in [3.05, 3.63) is 53.6 Å². The summed E-state index contributed by atoms with van der Waals surface area (Å²) < 4.78 is 10.4. The van der Waals surface area contributed by atoms with Crippen LogP contribution in [0.2, 0.25) is 0 Å². The SMILES string of the molecule is COc1ccc(/C=C/C(=O)Nc2ccc3c(c2)CC(=O)N3)cc1OC. The van der Waals surface area contributed by atoms with Gasteiger partial charge in [0.05, 0.1) is 20.6 Å². The molecule has 6 heteroatoms. The molecular formula is C19H18N2O4. The van der Waals surface area contributed by atoms with Crippen molar-refractivity contribution in [1.29, 1.82) is 0 Å². The zero-order chi connectivity index (χ0) is 17.8. The number of methoxy groups -OCH3 is 2. The summed E-state index contributed by atoms with van der Waals surface area (Å²) in [4.78, 5) is 23.5. The Hall–Kier alpha value is -3.28. The first kappa shape index (κ1) is 16.6. The van der Waals surface area contributed by atoms with Crippen molar-refractivity contribution < 1.29 is 19.1 Å². The van der Waals surface area contributed by atoms with Crippen LogP contribution in [0.5, 0.6) is 11.5 Å². The lowest BCUT2D eigenvalue weighted by atomic mass is 10.1. The van der Waals surface area contributed by atoms with Crippen molar-refractivity contribution in [2.45, 2.75) is 6.42 Å². The molecule has 1 aliphatic heterocycles. The normalized spacial score (nSPS) is 12.6. The molecule has 0 aliphatic carbocycles. The van der Waals surface area contributed by atoms with E-state index in [0.29, 0.717) is 23.6 Å². The van der Waals surface area contributed by atoms with Crippen LogP contribution in [0.25, 0.3) is 6.08 Å². The Morgan fingerprint density at radius 3 is 2.68 bits per heavy atom. The van der Waals surface area contributed by atoms with Gasteiger partial charge in [0.2, 0.25) is 11.8 Å². The molecule has 6 nitrogen and oxygen atoms in total. The number of fused-ring (bicyclic) bond motifs is 1. The standard InChI is InChI=1S/C19H18N2O4/c1-24-16-7-3-12(9-17(16)25-2)4-8-18(22)20-14-5-6-15-13(10-14)11-19(23)21-15/h3-10H,11H2,1-2H3,(H,20,22)(H,21,23)/b8-4+. The Labute approximate surface area is 145 Å². The number of hydrogen-bond acceptors (Lipinski definition) is 4. The number of carbonyl (C=O) groups excluding carboxylic acids is 2. The molecule has 0 bridgehead atoms. The molecule has 1 aliphatic rings. The molecule has 1 heterocycles. The van der Waals surface area contributed by atoms with E-state index < -0.39 is 0 Å². The Morgan fingerprint density at radius 2 is 1.92 bits per heavy atom. The van der Waals surface area contributed by atoms with Crippen molar-refractivity contribution >= 4 is 29.3 Å². The van der Waals surface area contributed by atoms with Gasteiger partial charge in [-0.3, -0.25) is 9.59 Å². The predicted octanol–water partition coefficient (Wildman–Crippen LogP) is 2.85. The minimum Gasteiger partial charge on any atom is -0.493 e. The highest BCUT2D eigenvalue weighted by atomic mass is 16.5. The van der Waals surface area contributed by atoms with Crippen LogP contribution in [-0.2, 0) is 16.0 Å². The first-order chi connectivity index (χ1) is 12.1. The van der Waals surface area contributed by atoms with Crippen LogP contribution in [0.4, 0.5) is 11.4 Å². The first-order valence-corrected chi connectivity index (χ1v) is 7.73. The van der Waals surface area contributed by atoms with Crippen LogP contribution in [-0.4, -0.2) is 26.0 Å². The summed E-state index contributed by atoms with van der Waals surface area (Å²) in [5.74, 6) is 0.935. The van der Waals surface area contributed by atoms with Crippen LogP contribution in [0.15, 0.2) is 42.5 Å². The second-order valence-electron chi connectivity index (χ2n) is 5.53. The maximum absolute atomic E-state index is 12.1. The van der Waals surface area contributed by atoms with E-state index in [1.54, 1.807) is 50.6 Å². The topological polar surface area (TPSA) is 76.7 Å². The number of ether oxygens (including phenoxy) is 2. The van der Waals surface area contributed by atoms with Crippen LogP contribution >= 0.6 is 0 Å². The van der Waals surface area contributed by atoms with Gasteiger partial charge in [-0.15, -0.1) is 0 Å². The molecule has 0 saturated heterocycles. The smallest absolute Gasteiger partial charge is 0.248 e. The summed E-state index contributed by atoms with van der Waals surface area (Å²) in [5, 5.41) is 5.54. The number of benzene rings is 2. The van der Waals surface area contributed by atoms with E-state index in [1.807, 2.05) is 6.07 Å². The molecule has 0 radical (unpaired) electrons. The van der Waals surface area contributed by atoms with Gasteiger partial charge < -0.3 is 20.1 Å². The Morgan fingerprint density at radius 1 is 1.12 bits per heavy atom. The van der Waals surface area contributed by atoms with Gasteiger partial charge in [0.25, 0.3) is 0 Å². The number of nitrogens with one attached hydrogen (secondary N) is 2. The second-order valence-corrected chi connectivity index (χ2v) is 5.53. The van der Waals surface area contributed by atoms with Gasteiger partial charge in [0.15, 0.2) is 11.5 Å². The maximum atomic E-state index is 12.1. The molecule has 0 fully saturated rings. The van der Waals surface area contributed by atoms with Gasteiger partial charge in [-0.25, -0.2) is 0 Å². The summed E-state index contributed by atoms with van der Waals surface area (Å²) in [7, 11) is 3.13. The van der Waals surface area contributed by atoms with Gasteiger partial charge >= 0.3 is 0 Å². The van der Waals surface area contributed by atoms with E-state index in [-0.39, 0.29) is 11.8 Å². The predicted molar refractivity (Wildman–Crippen MR) is 96.0 cm³/mol. The fourth-order valence-electron chi connectivity index (χ4n) is 2.62. The molecule has 128 valence electrons. The summed E-state index contributed by atoms with van der Waals surface area (Å²) in [6, 6.07) is 10.7. The third kappa shape index (κ3) is 3.80. The van der Waals surface area contributed by atoms with Crippen molar-refractivity contribution in [2.75, 3.05) is 24.9 Å². The lowest BCUT2D eigenvalue weighted by molar-refractivity contribution is -0.115. The zero-order valence-corrected chi connectivity index (χ0v) is 14.0. The Kier molecular flexibility index (Phi) is 4.70. The van der Waals surface area contributed by atoms with E-state index in [1.165, 1.54) is 6.08 Å². The summed E-state index contributed by atoms with van der Waals surface area (Å²) in [6.07, 6.45) is 3.47. The zero-order valence-electron chi connectivity index (χ0n) is 14.0. The first-order valence-electron chi connectivity index (χ1n) is 7.73. The highest BCUT2D eigenvalue weighted by Gasteiger charge is 2.17. The van der Waals surface area contributed by atoms with Gasteiger partial charge in [0.1, 0.15) is 0 Å². The van der Waals surface area contributed by atoms with Crippen molar-refractivity contribution in [3.8, 4) is 11.5 Å². The molecule has 2 amide bonds. The van der Waals surface area contributed by atoms with Crippen molar-refractivity contribution in [3.63, 3.8) is 0 Å². The van der Waals surface area contributed by atoms with Crippen LogP contribution in [0.1, 0.15) is 11.1 Å². The number of amides is 2. The summed E-state index contributed by atoms with van der Waals surface area (Å²) in [6.45, 7) is 0. The molecule has 0 spiro atoms. The van der Waals surface area contributed by atoms with E-state index in [0.717, 1.165) is 16.8 Å². The summed E-state index contributed by atoms with van der Waals surface area (Å²) >= 11 is 0. The van der Waals surface area contributed by atoms with Gasteiger partial charge in [-0.2, -0.15) is 0 Å². The Bertz CT molecular complexity index is 858. The molecule has 3 rings (SSSR count). The van der Waals surface area contributed by atoms with Gasteiger partial charge in [-0.1, -0.05) is 6.07 Å². The number of carbonyl (C=O) groups is 2. The number of hydrogen-bond donors (Lipinski definition) is 2. The molecular weight excluding hydrogens is 320 g/mol. The molecule has 2 aromatic rings. The Balaban J connectivity index is 1.67. The molecule has 0 aromatic heterocycles. The molecule has 25 heavy (non-hydrogen) atoms. The van der Waals surface area contributed by atoms with Crippen LogP contribution in [0, 0.1) is 0 Å². The van der Waals surface area contributed by atoms with Crippen LogP contribution in [0.3, 0.4) is 0 Å². The van der Waals surface area contributed by atoms with Gasteiger partial charge in [0, 0.05) is 17.5 Å². The van der Waals surface area contributed by atoms with Crippen molar-refractivity contribution in [1.82, 2.24) is 0 Å². The number of rotatable bonds is 5. The number of anilines is 2. The lowest BCUT2D eigenvalue weighted by Gasteiger charge is -2.07. The molecule has 0 unspecified atom stereocenters. The fourth-order valence-corrected chi connectivity index (χ4v) is 2.62. The lowest BCUT2D eigenvalue weighted by Crippen LogP contribution is -2.07. The highest BCUT2D eigenvalue weighted by Crippen LogP contribution is 2.28. The van der Waals surface area contributed by atoms with E-state index in [9.17, 15) is 9.59 Å². The fraction of sp³-hybridized carbons (Fsp3) is 0.158. The second kappa shape index (κ2) is 7.09. The molecule has 0 atom stereocenters. The molecule has 0 saturated carbocycles.